The van der Waals surface area contributed by atoms with Gasteiger partial charge in [0.2, 0.25) is 0 Å². The molecule has 1 N–H and O–H groups in total. The first-order chi connectivity index (χ1) is 9.69. The minimum Gasteiger partial charge on any atom is -0.494 e. The van der Waals surface area contributed by atoms with Crippen molar-refractivity contribution in [2.24, 2.45) is 0 Å². The minimum absolute atomic E-state index is 0.0669. The van der Waals surface area contributed by atoms with E-state index in [1.54, 1.807) is 18.3 Å². The number of likely N-dealkylation sites (N-methyl/N-ethyl adjacent to an activating group) is 1. The summed E-state index contributed by atoms with van der Waals surface area (Å²) >= 11 is 0. The number of methoxy groups -OCH3 is 1. The van der Waals surface area contributed by atoms with Gasteiger partial charge in [0.15, 0.2) is 11.6 Å². The highest BCUT2D eigenvalue weighted by molar-refractivity contribution is 5.32. The van der Waals surface area contributed by atoms with Gasteiger partial charge in [-0.2, -0.15) is 0 Å². The van der Waals surface area contributed by atoms with Crippen molar-refractivity contribution in [2.75, 3.05) is 14.2 Å². The molecule has 0 aliphatic rings. The highest BCUT2D eigenvalue weighted by Gasteiger charge is 2.15. The van der Waals surface area contributed by atoms with Gasteiger partial charge in [0.1, 0.15) is 5.82 Å². The molecule has 1 aromatic heterocycles. The van der Waals surface area contributed by atoms with Crippen LogP contribution >= 0.6 is 0 Å². The number of rotatable bonds is 6. The smallest absolute Gasteiger partial charge is 0.165 e. The molecule has 0 fully saturated rings. The quantitative estimate of drug-likeness (QED) is 0.882. The van der Waals surface area contributed by atoms with Crippen LogP contribution in [0.25, 0.3) is 0 Å². The number of halogens is 1. The first kappa shape index (κ1) is 14.5. The van der Waals surface area contributed by atoms with Crippen LogP contribution in [0.4, 0.5) is 4.39 Å². The standard InChI is InChI=1S/C15H20FN3O/c1-4-19-8-7-18-15(19)10-13(17-2)11-5-6-12(16)14(9-11)20-3/h5-9,13,17H,4,10H2,1-3H3. The number of ether oxygens (including phenoxy) is 1. The molecule has 0 bridgehead atoms. The van der Waals surface area contributed by atoms with Gasteiger partial charge in [-0.1, -0.05) is 6.07 Å². The number of nitrogens with zero attached hydrogens (tertiary/aromatic N) is 2. The van der Waals surface area contributed by atoms with Gasteiger partial charge in [-0.25, -0.2) is 9.37 Å². The number of benzene rings is 1. The lowest BCUT2D eigenvalue weighted by atomic mass is 10.0. The Morgan fingerprint density at radius 1 is 1.45 bits per heavy atom. The fourth-order valence-corrected chi connectivity index (χ4v) is 2.28. The Hall–Kier alpha value is -1.88. The van der Waals surface area contributed by atoms with E-state index in [-0.39, 0.29) is 17.6 Å². The molecule has 4 nitrogen and oxygen atoms in total. The molecule has 0 spiro atoms. The Labute approximate surface area is 118 Å². The molecule has 1 atom stereocenters. The lowest BCUT2D eigenvalue weighted by Crippen LogP contribution is -2.21. The molecule has 0 saturated carbocycles. The largest absolute Gasteiger partial charge is 0.494 e. The summed E-state index contributed by atoms with van der Waals surface area (Å²) in [5, 5.41) is 3.25. The van der Waals surface area contributed by atoms with Crippen molar-refractivity contribution in [1.29, 1.82) is 0 Å². The number of hydrogen-bond donors (Lipinski definition) is 1. The SMILES string of the molecule is CCn1ccnc1CC(NC)c1ccc(F)c(OC)c1. The third-order valence-corrected chi connectivity index (χ3v) is 3.46. The van der Waals surface area contributed by atoms with Crippen molar-refractivity contribution in [1.82, 2.24) is 14.9 Å². The molecule has 0 aliphatic heterocycles. The third kappa shape index (κ3) is 2.99. The number of hydrogen-bond acceptors (Lipinski definition) is 3. The Bertz CT molecular complexity index is 568. The second-order valence-electron chi connectivity index (χ2n) is 4.57. The van der Waals surface area contributed by atoms with Gasteiger partial charge in [-0.15, -0.1) is 0 Å². The highest BCUT2D eigenvalue weighted by atomic mass is 19.1. The first-order valence-corrected chi connectivity index (χ1v) is 6.70. The molecule has 1 unspecified atom stereocenters. The summed E-state index contributed by atoms with van der Waals surface area (Å²) in [6.45, 7) is 2.97. The van der Waals surface area contributed by atoms with Gasteiger partial charge in [0.05, 0.1) is 7.11 Å². The molecule has 20 heavy (non-hydrogen) atoms. The van der Waals surface area contributed by atoms with E-state index in [1.807, 2.05) is 13.2 Å². The van der Waals surface area contributed by atoms with Crippen LogP contribution in [0.3, 0.4) is 0 Å². The minimum atomic E-state index is -0.346. The van der Waals surface area contributed by atoms with E-state index in [0.29, 0.717) is 0 Å². The van der Waals surface area contributed by atoms with Crippen molar-refractivity contribution >= 4 is 0 Å². The van der Waals surface area contributed by atoms with Gasteiger partial charge >= 0.3 is 0 Å². The average molecular weight is 277 g/mol. The van der Waals surface area contributed by atoms with Crippen molar-refractivity contribution in [3.8, 4) is 5.75 Å². The van der Waals surface area contributed by atoms with Crippen molar-refractivity contribution in [2.45, 2.75) is 25.9 Å². The molecular weight excluding hydrogens is 257 g/mol. The molecule has 2 aromatic rings. The topological polar surface area (TPSA) is 39.1 Å². The molecule has 0 saturated heterocycles. The molecular formula is C15H20FN3O. The zero-order chi connectivity index (χ0) is 14.5. The van der Waals surface area contributed by atoms with Gasteiger partial charge in [-0.05, 0) is 31.7 Å². The molecule has 0 amide bonds. The lowest BCUT2D eigenvalue weighted by molar-refractivity contribution is 0.384. The van der Waals surface area contributed by atoms with Gasteiger partial charge in [0, 0.05) is 31.4 Å². The maximum absolute atomic E-state index is 13.5. The summed E-state index contributed by atoms with van der Waals surface area (Å²) in [4.78, 5) is 4.38. The van der Waals surface area contributed by atoms with E-state index in [1.165, 1.54) is 13.2 Å². The number of aryl methyl sites for hydroxylation is 1. The van der Waals surface area contributed by atoms with Crippen LogP contribution in [0.5, 0.6) is 5.75 Å². The Balaban J connectivity index is 2.24. The Kier molecular flexibility index (Phi) is 4.74. The highest BCUT2D eigenvalue weighted by Crippen LogP contribution is 2.24. The van der Waals surface area contributed by atoms with Gasteiger partial charge in [0.25, 0.3) is 0 Å². The first-order valence-electron chi connectivity index (χ1n) is 6.70. The summed E-state index contributed by atoms with van der Waals surface area (Å²) in [6, 6.07) is 5.01. The molecule has 1 aromatic carbocycles. The van der Waals surface area contributed by atoms with Crippen LogP contribution in [-0.4, -0.2) is 23.7 Å². The van der Waals surface area contributed by atoms with Crippen molar-refractivity contribution in [3.05, 3.63) is 47.8 Å². The van der Waals surface area contributed by atoms with E-state index in [0.717, 1.165) is 24.4 Å². The van der Waals surface area contributed by atoms with Crippen LogP contribution in [0.2, 0.25) is 0 Å². The maximum atomic E-state index is 13.5. The average Bonchev–Trinajstić information content (AvgIpc) is 2.92. The summed E-state index contributed by atoms with van der Waals surface area (Å²) in [5.74, 6) is 0.929. The summed E-state index contributed by atoms with van der Waals surface area (Å²) in [6.07, 6.45) is 4.51. The molecule has 5 heteroatoms. The van der Waals surface area contributed by atoms with E-state index < -0.39 is 0 Å². The summed E-state index contributed by atoms with van der Waals surface area (Å²) in [7, 11) is 3.36. The lowest BCUT2D eigenvalue weighted by Gasteiger charge is -2.18. The van der Waals surface area contributed by atoms with Crippen LogP contribution in [0.15, 0.2) is 30.6 Å². The Morgan fingerprint density at radius 3 is 2.90 bits per heavy atom. The predicted molar refractivity (Wildman–Crippen MR) is 76.4 cm³/mol. The van der Waals surface area contributed by atoms with E-state index in [2.05, 4.69) is 21.8 Å². The van der Waals surface area contributed by atoms with Crippen LogP contribution in [0, 0.1) is 5.82 Å². The molecule has 0 radical (unpaired) electrons. The molecule has 1 heterocycles. The second kappa shape index (κ2) is 6.52. The monoisotopic (exact) mass is 277 g/mol. The van der Waals surface area contributed by atoms with Crippen molar-refractivity contribution < 1.29 is 9.13 Å². The van der Waals surface area contributed by atoms with Crippen molar-refractivity contribution in [3.63, 3.8) is 0 Å². The zero-order valence-corrected chi connectivity index (χ0v) is 12.1. The van der Waals surface area contributed by atoms with Crippen LogP contribution < -0.4 is 10.1 Å². The maximum Gasteiger partial charge on any atom is 0.165 e. The fourth-order valence-electron chi connectivity index (χ4n) is 2.28. The second-order valence-corrected chi connectivity index (χ2v) is 4.57. The normalized spacial score (nSPS) is 12.4. The Morgan fingerprint density at radius 2 is 2.25 bits per heavy atom. The van der Waals surface area contributed by atoms with Gasteiger partial charge in [-0.3, -0.25) is 0 Å². The zero-order valence-electron chi connectivity index (χ0n) is 12.1. The van der Waals surface area contributed by atoms with E-state index in [9.17, 15) is 4.39 Å². The van der Waals surface area contributed by atoms with Gasteiger partial charge < -0.3 is 14.6 Å². The number of imidazole rings is 1. The predicted octanol–water partition coefficient (Wildman–Crippen LogP) is 2.55. The van der Waals surface area contributed by atoms with Crippen LogP contribution in [0.1, 0.15) is 24.4 Å². The van der Waals surface area contributed by atoms with Crippen LogP contribution in [-0.2, 0) is 13.0 Å². The number of aromatic nitrogens is 2. The van der Waals surface area contributed by atoms with E-state index >= 15 is 0 Å². The fraction of sp³-hybridized carbons (Fsp3) is 0.400. The molecule has 2 rings (SSSR count). The third-order valence-electron chi connectivity index (χ3n) is 3.46. The molecule has 0 aliphatic carbocycles. The van der Waals surface area contributed by atoms with E-state index in [4.69, 9.17) is 4.74 Å². The molecule has 108 valence electrons. The number of nitrogens with one attached hydrogen (secondary N) is 1. The summed E-state index contributed by atoms with van der Waals surface area (Å²) in [5.41, 5.74) is 0.983. The summed E-state index contributed by atoms with van der Waals surface area (Å²) < 4.78 is 20.6.